The van der Waals surface area contributed by atoms with E-state index in [1.54, 1.807) is 11.4 Å². The van der Waals surface area contributed by atoms with Crippen molar-refractivity contribution in [2.45, 2.75) is 25.3 Å². The molecule has 0 N–H and O–H groups in total. The van der Waals surface area contributed by atoms with Crippen molar-refractivity contribution in [1.29, 1.82) is 0 Å². The molecule has 0 aliphatic carbocycles. The molecule has 0 amide bonds. The molecule has 0 unspecified atom stereocenters. The third kappa shape index (κ3) is 3.52. The Bertz CT molecular complexity index is 674. The third-order valence-electron chi connectivity index (χ3n) is 5.07. The van der Waals surface area contributed by atoms with Gasteiger partial charge >= 0.3 is 0 Å². The molecule has 0 bridgehead atoms. The molecule has 3 rings (SSSR count). The maximum Gasteiger partial charge on any atom is 0.225 e. The van der Waals surface area contributed by atoms with Gasteiger partial charge in [0, 0.05) is 32.8 Å². The minimum absolute atomic E-state index is 0.0250. The maximum absolute atomic E-state index is 12.9. The third-order valence-corrected chi connectivity index (χ3v) is 6.35. The first-order valence-electron chi connectivity index (χ1n) is 8.01. The summed E-state index contributed by atoms with van der Waals surface area (Å²) in [6, 6.07) is -0.0985. The molecule has 2 aliphatic rings. The van der Waals surface area contributed by atoms with E-state index in [0.29, 0.717) is 19.1 Å². The van der Waals surface area contributed by atoms with Gasteiger partial charge in [-0.2, -0.15) is 4.31 Å². The minimum Gasteiger partial charge on any atom is -0.383 e. The summed E-state index contributed by atoms with van der Waals surface area (Å²) in [5.41, 5.74) is -0.0250. The van der Waals surface area contributed by atoms with E-state index in [-0.39, 0.29) is 11.5 Å². The van der Waals surface area contributed by atoms with E-state index < -0.39 is 15.8 Å². The number of hydrogen-bond acceptors (Lipinski definition) is 6. The number of halogens is 1. The topological polar surface area (TPSA) is 75.6 Å². The van der Waals surface area contributed by atoms with Crippen LogP contribution in [-0.2, 0) is 14.8 Å². The van der Waals surface area contributed by atoms with E-state index in [0.717, 1.165) is 32.4 Å². The zero-order valence-electron chi connectivity index (χ0n) is 14.0. The van der Waals surface area contributed by atoms with Crippen molar-refractivity contribution in [1.82, 2.24) is 14.3 Å². The van der Waals surface area contributed by atoms with Crippen LogP contribution in [0.4, 0.5) is 10.3 Å². The second-order valence-electron chi connectivity index (χ2n) is 6.81. The Kier molecular flexibility index (Phi) is 4.76. The van der Waals surface area contributed by atoms with Crippen LogP contribution in [0, 0.1) is 11.2 Å². The van der Waals surface area contributed by atoms with Gasteiger partial charge in [-0.1, -0.05) is 0 Å². The van der Waals surface area contributed by atoms with Gasteiger partial charge in [-0.05, 0) is 24.7 Å². The van der Waals surface area contributed by atoms with E-state index >= 15 is 0 Å². The monoisotopic (exact) mass is 358 g/mol. The van der Waals surface area contributed by atoms with Gasteiger partial charge in [-0.3, -0.25) is 0 Å². The first-order valence-corrected chi connectivity index (χ1v) is 9.86. The molecule has 1 spiro atoms. The summed E-state index contributed by atoms with van der Waals surface area (Å²) in [5, 5.41) is 0. The molecule has 3 heterocycles. The van der Waals surface area contributed by atoms with Crippen LogP contribution in [0.5, 0.6) is 0 Å². The number of methoxy groups -OCH3 is 1. The van der Waals surface area contributed by atoms with E-state index in [2.05, 4.69) is 9.97 Å². The van der Waals surface area contributed by atoms with Crippen LogP contribution in [0.2, 0.25) is 0 Å². The fourth-order valence-corrected chi connectivity index (χ4v) is 5.05. The number of anilines is 1. The van der Waals surface area contributed by atoms with Crippen LogP contribution in [0.25, 0.3) is 0 Å². The van der Waals surface area contributed by atoms with Crippen LogP contribution in [-0.4, -0.2) is 68.3 Å². The lowest BCUT2D eigenvalue weighted by Gasteiger charge is -2.39. The minimum atomic E-state index is -3.25. The predicted octanol–water partition coefficient (Wildman–Crippen LogP) is 0.883. The summed E-state index contributed by atoms with van der Waals surface area (Å²) >= 11 is 0. The van der Waals surface area contributed by atoms with Crippen LogP contribution in [0.1, 0.15) is 19.3 Å². The summed E-state index contributed by atoms with van der Waals surface area (Å²) < 4.78 is 43.9. The SMILES string of the molecule is COC[C@H]1CC2(CCN(c3ncc(F)cn3)CC2)CN1S(C)(=O)=O. The van der Waals surface area contributed by atoms with Crippen molar-refractivity contribution in [3.8, 4) is 0 Å². The van der Waals surface area contributed by atoms with Gasteiger partial charge in [-0.25, -0.2) is 22.8 Å². The number of nitrogens with zero attached hydrogens (tertiary/aromatic N) is 4. The van der Waals surface area contributed by atoms with Crippen molar-refractivity contribution in [3.63, 3.8) is 0 Å². The van der Waals surface area contributed by atoms with Gasteiger partial charge in [0.1, 0.15) is 0 Å². The maximum atomic E-state index is 12.9. The second-order valence-corrected chi connectivity index (χ2v) is 8.74. The highest BCUT2D eigenvalue weighted by molar-refractivity contribution is 7.88. The fourth-order valence-electron chi connectivity index (χ4n) is 3.86. The molecule has 2 aliphatic heterocycles. The summed E-state index contributed by atoms with van der Waals surface area (Å²) in [6.07, 6.45) is 6.13. The Balaban J connectivity index is 1.70. The average Bonchev–Trinajstić information content (AvgIpc) is 2.88. The summed E-state index contributed by atoms with van der Waals surface area (Å²) in [4.78, 5) is 10.1. The molecule has 2 fully saturated rings. The highest BCUT2D eigenvalue weighted by atomic mass is 32.2. The van der Waals surface area contributed by atoms with E-state index in [4.69, 9.17) is 4.74 Å². The van der Waals surface area contributed by atoms with Crippen molar-refractivity contribution in [2.24, 2.45) is 5.41 Å². The molecule has 7 nitrogen and oxygen atoms in total. The Hall–Kier alpha value is -1.32. The van der Waals surface area contributed by atoms with Crippen LogP contribution < -0.4 is 4.90 Å². The molecule has 2 saturated heterocycles. The van der Waals surface area contributed by atoms with Crippen LogP contribution in [0.15, 0.2) is 12.4 Å². The Morgan fingerprint density at radius 2 is 1.96 bits per heavy atom. The molecule has 0 radical (unpaired) electrons. The van der Waals surface area contributed by atoms with E-state index in [9.17, 15) is 12.8 Å². The molecule has 0 aromatic carbocycles. The molecule has 1 atom stereocenters. The molecule has 1 aromatic heterocycles. The first kappa shape index (κ1) is 17.5. The predicted molar refractivity (Wildman–Crippen MR) is 87.7 cm³/mol. The van der Waals surface area contributed by atoms with Crippen molar-refractivity contribution in [2.75, 3.05) is 44.5 Å². The lowest BCUT2D eigenvalue weighted by molar-refractivity contribution is 0.146. The van der Waals surface area contributed by atoms with Crippen LogP contribution >= 0.6 is 0 Å². The van der Waals surface area contributed by atoms with Crippen molar-refractivity contribution < 1.29 is 17.5 Å². The molecule has 9 heteroatoms. The number of rotatable bonds is 4. The Morgan fingerprint density at radius 1 is 1.33 bits per heavy atom. The zero-order chi connectivity index (χ0) is 17.4. The van der Waals surface area contributed by atoms with Gasteiger partial charge in [0.05, 0.1) is 25.3 Å². The van der Waals surface area contributed by atoms with E-state index in [1.807, 2.05) is 4.90 Å². The summed E-state index contributed by atoms with van der Waals surface area (Å²) in [7, 11) is -1.65. The number of piperidine rings is 1. The number of ether oxygens (including phenoxy) is 1. The number of sulfonamides is 1. The van der Waals surface area contributed by atoms with Crippen molar-refractivity contribution in [3.05, 3.63) is 18.2 Å². The fraction of sp³-hybridized carbons (Fsp3) is 0.733. The molecule has 24 heavy (non-hydrogen) atoms. The molecular formula is C15H23FN4O3S. The normalized spacial score (nSPS) is 24.6. The van der Waals surface area contributed by atoms with Crippen molar-refractivity contribution >= 4 is 16.0 Å². The molecule has 0 saturated carbocycles. The lowest BCUT2D eigenvalue weighted by atomic mass is 9.77. The molecule has 1 aromatic rings. The summed E-state index contributed by atoms with van der Waals surface area (Å²) in [6.45, 7) is 2.43. The van der Waals surface area contributed by atoms with Gasteiger partial charge in [0.25, 0.3) is 0 Å². The van der Waals surface area contributed by atoms with Gasteiger partial charge < -0.3 is 9.64 Å². The van der Waals surface area contributed by atoms with Gasteiger partial charge in [0.2, 0.25) is 16.0 Å². The second kappa shape index (κ2) is 6.53. The average molecular weight is 358 g/mol. The highest BCUT2D eigenvalue weighted by Gasteiger charge is 2.48. The standard InChI is InChI=1S/C15H23FN4O3S/c1-23-10-13-7-15(11-20(13)24(2,21)22)3-5-19(6-4-15)14-17-8-12(16)9-18-14/h8-9,13H,3-7,10-11H2,1-2H3/t13-/m1/s1. The number of hydrogen-bond donors (Lipinski definition) is 0. The highest BCUT2D eigenvalue weighted by Crippen LogP contribution is 2.44. The van der Waals surface area contributed by atoms with Gasteiger partial charge in [0.15, 0.2) is 5.82 Å². The summed E-state index contributed by atoms with van der Waals surface area (Å²) in [5.74, 6) is 0.0758. The van der Waals surface area contributed by atoms with E-state index in [1.165, 1.54) is 18.6 Å². The number of aromatic nitrogens is 2. The lowest BCUT2D eigenvalue weighted by Crippen LogP contribution is -2.43. The smallest absolute Gasteiger partial charge is 0.225 e. The van der Waals surface area contributed by atoms with Gasteiger partial charge in [-0.15, -0.1) is 0 Å². The molecular weight excluding hydrogens is 335 g/mol. The largest absolute Gasteiger partial charge is 0.383 e. The molecule has 134 valence electrons. The zero-order valence-corrected chi connectivity index (χ0v) is 14.8. The Morgan fingerprint density at radius 3 is 2.50 bits per heavy atom. The quantitative estimate of drug-likeness (QED) is 0.795. The van der Waals surface area contributed by atoms with Crippen LogP contribution in [0.3, 0.4) is 0 Å². The Labute approximate surface area is 141 Å². The first-order chi connectivity index (χ1) is 11.3.